The molecular weight excluding hydrogens is 473 g/mol. The number of nitriles is 1. The molecule has 1 saturated heterocycles. The molecule has 4 aromatic rings. The molecule has 1 heterocycles. The third-order valence-electron chi connectivity index (χ3n) is 5.89. The Morgan fingerprint density at radius 1 is 0.944 bits per heavy atom. The van der Waals surface area contributed by atoms with Crippen LogP contribution in [0.15, 0.2) is 108 Å². The van der Waals surface area contributed by atoms with Gasteiger partial charge in [0.1, 0.15) is 22.5 Å². The molecule has 4 aromatic carbocycles. The number of hydrogen-bond donors (Lipinski definition) is 1. The van der Waals surface area contributed by atoms with Crippen LogP contribution < -0.4 is 10.2 Å². The van der Waals surface area contributed by atoms with Gasteiger partial charge >= 0.3 is 0 Å². The molecule has 0 aliphatic carbocycles. The highest BCUT2D eigenvalue weighted by Gasteiger charge is 2.40. The second-order valence-electron chi connectivity index (χ2n) is 8.22. The number of thioether (sulfide) groups is 1. The maximum Gasteiger partial charge on any atom is 0.269 e. The van der Waals surface area contributed by atoms with Crippen LogP contribution in [0.2, 0.25) is 0 Å². The summed E-state index contributed by atoms with van der Waals surface area (Å²) in [4.78, 5) is 28.3. The highest BCUT2D eigenvalue weighted by Crippen LogP contribution is 2.42. The maximum absolute atomic E-state index is 13.5. The van der Waals surface area contributed by atoms with Gasteiger partial charge in [0.15, 0.2) is 0 Å². The van der Waals surface area contributed by atoms with Gasteiger partial charge in [-0.25, -0.2) is 4.39 Å². The SMILES string of the molecule is N#CC(C(=O)Nc1cccc2ccccc12)=C1SC(Cc2ccc(F)cc2)C(=O)N1c1ccccc1. The number of benzene rings is 4. The van der Waals surface area contributed by atoms with Crippen molar-refractivity contribution in [2.24, 2.45) is 0 Å². The highest BCUT2D eigenvalue weighted by atomic mass is 32.2. The van der Waals surface area contributed by atoms with E-state index in [0.717, 1.165) is 16.3 Å². The predicted octanol–water partition coefficient (Wildman–Crippen LogP) is 6.04. The average molecular weight is 494 g/mol. The summed E-state index contributed by atoms with van der Waals surface area (Å²) in [5.41, 5.74) is 1.79. The number of anilines is 2. The van der Waals surface area contributed by atoms with Crippen molar-refractivity contribution >= 4 is 45.7 Å². The summed E-state index contributed by atoms with van der Waals surface area (Å²) in [6.07, 6.45) is 0.334. The van der Waals surface area contributed by atoms with Gasteiger partial charge in [0, 0.05) is 16.8 Å². The van der Waals surface area contributed by atoms with E-state index in [-0.39, 0.29) is 22.3 Å². The molecule has 0 bridgehead atoms. The Labute approximate surface area is 211 Å². The van der Waals surface area contributed by atoms with Crippen LogP contribution in [0.25, 0.3) is 10.8 Å². The lowest BCUT2D eigenvalue weighted by Gasteiger charge is -2.18. The van der Waals surface area contributed by atoms with E-state index in [4.69, 9.17) is 0 Å². The van der Waals surface area contributed by atoms with Crippen LogP contribution >= 0.6 is 11.8 Å². The van der Waals surface area contributed by atoms with Crippen LogP contribution in [-0.4, -0.2) is 17.1 Å². The first-order valence-electron chi connectivity index (χ1n) is 11.3. The molecule has 1 aliphatic heterocycles. The van der Waals surface area contributed by atoms with Crippen LogP contribution in [0, 0.1) is 17.1 Å². The highest BCUT2D eigenvalue weighted by molar-refractivity contribution is 8.05. The summed E-state index contributed by atoms with van der Waals surface area (Å²) in [5.74, 6) is -1.18. The number of rotatable bonds is 5. The van der Waals surface area contributed by atoms with E-state index >= 15 is 0 Å². The summed E-state index contributed by atoms with van der Waals surface area (Å²) in [5, 5.41) is 14.4. The minimum atomic E-state index is -0.590. The number of nitrogens with zero attached hydrogens (tertiary/aromatic N) is 2. The van der Waals surface area contributed by atoms with Gasteiger partial charge in [-0.05, 0) is 47.7 Å². The minimum absolute atomic E-state index is 0.147. The van der Waals surface area contributed by atoms with Gasteiger partial charge in [0.05, 0.1) is 5.25 Å². The number of hydrogen-bond acceptors (Lipinski definition) is 4. The molecule has 0 saturated carbocycles. The standard InChI is InChI=1S/C29H20FN3O2S/c30-21-15-13-19(14-16-21)17-26-28(35)33(22-9-2-1-3-10-22)29(36-26)24(18-31)27(34)32-25-12-6-8-20-7-4-5-11-23(20)25/h1-16,26H,17H2,(H,32,34). The van der Waals surface area contributed by atoms with E-state index < -0.39 is 11.2 Å². The molecule has 1 unspecified atom stereocenters. The third kappa shape index (κ3) is 4.59. The molecule has 2 amide bonds. The molecule has 0 spiro atoms. The zero-order chi connectivity index (χ0) is 25.1. The van der Waals surface area contributed by atoms with Crippen molar-refractivity contribution in [3.8, 4) is 6.07 Å². The van der Waals surface area contributed by atoms with Crippen LogP contribution in [0.3, 0.4) is 0 Å². The first-order chi connectivity index (χ1) is 17.5. The molecule has 36 heavy (non-hydrogen) atoms. The van der Waals surface area contributed by atoms with E-state index in [1.165, 1.54) is 28.8 Å². The lowest BCUT2D eigenvalue weighted by atomic mass is 10.1. The smallest absolute Gasteiger partial charge is 0.269 e. The second kappa shape index (κ2) is 10.1. The Morgan fingerprint density at radius 3 is 2.39 bits per heavy atom. The number of para-hydroxylation sites is 1. The van der Waals surface area contributed by atoms with Crippen LogP contribution in [0.5, 0.6) is 0 Å². The summed E-state index contributed by atoms with van der Waals surface area (Å²) in [7, 11) is 0. The Hall–Kier alpha value is -4.41. The fraction of sp³-hybridized carbons (Fsp3) is 0.0690. The van der Waals surface area contributed by atoms with Crippen LogP contribution in [-0.2, 0) is 16.0 Å². The van der Waals surface area contributed by atoms with Crippen molar-refractivity contribution in [3.05, 3.63) is 119 Å². The number of fused-ring (bicyclic) bond motifs is 1. The van der Waals surface area contributed by atoms with Gasteiger partial charge in [-0.2, -0.15) is 5.26 Å². The molecule has 7 heteroatoms. The molecule has 5 rings (SSSR count). The largest absolute Gasteiger partial charge is 0.321 e. The van der Waals surface area contributed by atoms with Gasteiger partial charge in [-0.1, -0.05) is 78.5 Å². The number of carbonyl (C=O) groups is 2. The number of nitrogens with one attached hydrogen (secondary N) is 1. The predicted molar refractivity (Wildman–Crippen MR) is 141 cm³/mol. The van der Waals surface area contributed by atoms with E-state index in [0.29, 0.717) is 17.8 Å². The fourth-order valence-corrected chi connectivity index (χ4v) is 5.46. The Kier molecular flexibility index (Phi) is 6.52. The van der Waals surface area contributed by atoms with Gasteiger partial charge in [0.2, 0.25) is 5.91 Å². The maximum atomic E-state index is 13.5. The molecule has 1 fully saturated rings. The second-order valence-corrected chi connectivity index (χ2v) is 9.41. The number of halogens is 1. The molecule has 1 atom stereocenters. The number of carbonyl (C=O) groups excluding carboxylic acids is 2. The summed E-state index contributed by atoms with van der Waals surface area (Å²) >= 11 is 1.17. The zero-order valence-corrected chi connectivity index (χ0v) is 19.8. The lowest BCUT2D eigenvalue weighted by molar-refractivity contribution is -0.117. The van der Waals surface area contributed by atoms with Gasteiger partial charge in [0.25, 0.3) is 5.91 Å². The van der Waals surface area contributed by atoms with Gasteiger partial charge in [-0.3, -0.25) is 14.5 Å². The van der Waals surface area contributed by atoms with Crippen molar-refractivity contribution in [1.82, 2.24) is 0 Å². The van der Waals surface area contributed by atoms with Crippen molar-refractivity contribution in [1.29, 1.82) is 5.26 Å². The quantitative estimate of drug-likeness (QED) is 0.272. The topological polar surface area (TPSA) is 73.2 Å². The zero-order valence-electron chi connectivity index (χ0n) is 19.0. The Bertz CT molecular complexity index is 1520. The summed E-state index contributed by atoms with van der Waals surface area (Å²) in [6, 6.07) is 30.1. The van der Waals surface area contributed by atoms with E-state index in [1.54, 1.807) is 42.5 Å². The summed E-state index contributed by atoms with van der Waals surface area (Å²) < 4.78 is 13.4. The van der Waals surface area contributed by atoms with E-state index in [9.17, 15) is 19.2 Å². The van der Waals surface area contributed by atoms with E-state index in [1.807, 2.05) is 48.5 Å². The molecule has 0 aromatic heterocycles. The number of amides is 2. The Balaban J connectivity index is 1.52. The monoisotopic (exact) mass is 493 g/mol. The van der Waals surface area contributed by atoms with Gasteiger partial charge in [-0.15, -0.1) is 0 Å². The first kappa shape index (κ1) is 23.3. The first-order valence-corrected chi connectivity index (χ1v) is 12.2. The lowest BCUT2D eigenvalue weighted by Crippen LogP contribution is -2.30. The van der Waals surface area contributed by atoms with Crippen molar-refractivity contribution in [2.75, 3.05) is 10.2 Å². The molecular formula is C29H20FN3O2S. The van der Waals surface area contributed by atoms with Crippen LogP contribution in [0.1, 0.15) is 5.56 Å². The fourth-order valence-electron chi connectivity index (χ4n) is 4.15. The third-order valence-corrected chi connectivity index (χ3v) is 7.15. The molecule has 0 radical (unpaired) electrons. The normalized spacial score (nSPS) is 16.6. The van der Waals surface area contributed by atoms with Crippen molar-refractivity contribution < 1.29 is 14.0 Å². The molecule has 1 N–H and O–H groups in total. The van der Waals surface area contributed by atoms with Gasteiger partial charge < -0.3 is 5.32 Å². The molecule has 176 valence electrons. The van der Waals surface area contributed by atoms with E-state index in [2.05, 4.69) is 5.32 Å². The molecule has 5 nitrogen and oxygen atoms in total. The molecule has 1 aliphatic rings. The van der Waals surface area contributed by atoms with Crippen molar-refractivity contribution in [3.63, 3.8) is 0 Å². The van der Waals surface area contributed by atoms with Crippen molar-refractivity contribution in [2.45, 2.75) is 11.7 Å². The summed E-state index contributed by atoms with van der Waals surface area (Å²) in [6.45, 7) is 0. The Morgan fingerprint density at radius 2 is 1.64 bits per heavy atom. The van der Waals surface area contributed by atoms with Crippen LogP contribution in [0.4, 0.5) is 15.8 Å². The minimum Gasteiger partial charge on any atom is -0.321 e. The average Bonchev–Trinajstić information content (AvgIpc) is 3.21.